The molecule has 0 spiro atoms. The molecule has 5 heteroatoms. The number of hydrogen-bond donors (Lipinski definition) is 2. The Morgan fingerprint density at radius 1 is 1.39 bits per heavy atom. The SMILES string of the molecule is CCc1nn(C)c(CC(NN)C(C)C(C)C)c1Cl. The average Bonchev–Trinajstić information content (AvgIpc) is 2.61. The number of hydrogen-bond acceptors (Lipinski definition) is 3. The second kappa shape index (κ2) is 6.55. The molecule has 1 rings (SSSR count). The molecule has 0 aliphatic heterocycles. The summed E-state index contributed by atoms with van der Waals surface area (Å²) in [6.07, 6.45) is 1.66. The van der Waals surface area contributed by atoms with Crippen LogP contribution in [0.15, 0.2) is 0 Å². The normalized spacial score (nSPS) is 15.1. The second-order valence-electron chi connectivity index (χ2n) is 5.26. The maximum absolute atomic E-state index is 6.36. The molecule has 0 aliphatic carbocycles. The van der Waals surface area contributed by atoms with Gasteiger partial charge < -0.3 is 0 Å². The molecular formula is C13H25ClN4. The van der Waals surface area contributed by atoms with Crippen molar-refractivity contribution in [3.8, 4) is 0 Å². The molecular weight excluding hydrogens is 248 g/mol. The summed E-state index contributed by atoms with van der Waals surface area (Å²) in [7, 11) is 1.94. The van der Waals surface area contributed by atoms with Gasteiger partial charge in [0.25, 0.3) is 0 Å². The molecule has 1 aromatic rings. The van der Waals surface area contributed by atoms with Crippen molar-refractivity contribution in [2.45, 2.75) is 46.6 Å². The molecule has 1 heterocycles. The van der Waals surface area contributed by atoms with Crippen LogP contribution in [0.5, 0.6) is 0 Å². The largest absolute Gasteiger partial charge is 0.271 e. The number of aryl methyl sites for hydroxylation is 2. The lowest BCUT2D eigenvalue weighted by Crippen LogP contribution is -2.43. The van der Waals surface area contributed by atoms with Crippen LogP contribution < -0.4 is 11.3 Å². The van der Waals surface area contributed by atoms with Gasteiger partial charge in [0.1, 0.15) is 0 Å². The van der Waals surface area contributed by atoms with E-state index < -0.39 is 0 Å². The van der Waals surface area contributed by atoms with Crippen molar-refractivity contribution in [1.29, 1.82) is 0 Å². The third-order valence-corrected chi connectivity index (χ3v) is 4.25. The van der Waals surface area contributed by atoms with E-state index in [1.165, 1.54) is 0 Å². The highest BCUT2D eigenvalue weighted by atomic mass is 35.5. The lowest BCUT2D eigenvalue weighted by Gasteiger charge is -2.26. The molecule has 0 radical (unpaired) electrons. The fourth-order valence-electron chi connectivity index (χ4n) is 2.11. The van der Waals surface area contributed by atoms with Crippen LogP contribution in [0.4, 0.5) is 0 Å². The molecule has 1 aromatic heterocycles. The lowest BCUT2D eigenvalue weighted by atomic mass is 9.88. The molecule has 4 nitrogen and oxygen atoms in total. The minimum atomic E-state index is 0.211. The van der Waals surface area contributed by atoms with Gasteiger partial charge in [0.2, 0.25) is 0 Å². The third-order valence-electron chi connectivity index (χ3n) is 3.82. The molecule has 3 N–H and O–H groups in total. The van der Waals surface area contributed by atoms with Crippen LogP contribution in [-0.4, -0.2) is 15.8 Å². The molecule has 0 aliphatic rings. The van der Waals surface area contributed by atoms with E-state index in [1.807, 2.05) is 11.7 Å². The van der Waals surface area contributed by atoms with Gasteiger partial charge in [-0.25, -0.2) is 0 Å². The number of hydrazine groups is 1. The molecule has 18 heavy (non-hydrogen) atoms. The molecule has 0 saturated carbocycles. The number of nitrogens with two attached hydrogens (primary N) is 1. The van der Waals surface area contributed by atoms with Crippen LogP contribution in [0.1, 0.15) is 39.1 Å². The summed E-state index contributed by atoms with van der Waals surface area (Å²) < 4.78 is 1.87. The zero-order chi connectivity index (χ0) is 13.9. The quantitative estimate of drug-likeness (QED) is 0.617. The van der Waals surface area contributed by atoms with Crippen molar-refractivity contribution in [1.82, 2.24) is 15.2 Å². The number of nitrogens with one attached hydrogen (secondary N) is 1. The average molecular weight is 273 g/mol. The number of rotatable bonds is 6. The number of aromatic nitrogens is 2. The van der Waals surface area contributed by atoms with E-state index in [2.05, 4.69) is 38.2 Å². The summed E-state index contributed by atoms with van der Waals surface area (Å²) in [5.74, 6) is 6.73. The van der Waals surface area contributed by atoms with Gasteiger partial charge in [0.15, 0.2) is 0 Å². The molecule has 0 saturated heterocycles. The van der Waals surface area contributed by atoms with Crippen molar-refractivity contribution >= 4 is 11.6 Å². The second-order valence-corrected chi connectivity index (χ2v) is 5.64. The Morgan fingerprint density at radius 2 is 2.00 bits per heavy atom. The van der Waals surface area contributed by atoms with Crippen molar-refractivity contribution in [3.05, 3.63) is 16.4 Å². The predicted molar refractivity (Wildman–Crippen MR) is 76.4 cm³/mol. The van der Waals surface area contributed by atoms with Gasteiger partial charge in [-0.2, -0.15) is 5.10 Å². The van der Waals surface area contributed by atoms with Crippen LogP contribution in [-0.2, 0) is 19.9 Å². The molecule has 2 atom stereocenters. The van der Waals surface area contributed by atoms with Crippen molar-refractivity contribution in [2.75, 3.05) is 0 Å². The fourth-order valence-corrected chi connectivity index (χ4v) is 2.48. The Morgan fingerprint density at radius 3 is 2.39 bits per heavy atom. The van der Waals surface area contributed by atoms with Gasteiger partial charge in [0.05, 0.1) is 16.4 Å². The summed E-state index contributed by atoms with van der Waals surface area (Å²) in [6.45, 7) is 8.68. The van der Waals surface area contributed by atoms with Crippen LogP contribution in [0.25, 0.3) is 0 Å². The maximum Gasteiger partial charge on any atom is 0.0850 e. The van der Waals surface area contributed by atoms with Crippen LogP contribution in [0.2, 0.25) is 5.02 Å². The Kier molecular flexibility index (Phi) is 5.63. The van der Waals surface area contributed by atoms with Crippen LogP contribution in [0, 0.1) is 11.8 Å². The first-order chi connectivity index (χ1) is 8.42. The summed E-state index contributed by atoms with van der Waals surface area (Å²) in [6, 6.07) is 0.211. The van der Waals surface area contributed by atoms with Gasteiger partial charge in [-0.15, -0.1) is 0 Å². The zero-order valence-corrected chi connectivity index (χ0v) is 12.8. The summed E-state index contributed by atoms with van der Waals surface area (Å²) in [5.41, 5.74) is 4.93. The maximum atomic E-state index is 6.36. The first kappa shape index (κ1) is 15.5. The first-order valence-corrected chi connectivity index (χ1v) is 6.96. The van der Waals surface area contributed by atoms with Crippen molar-refractivity contribution in [2.24, 2.45) is 24.7 Å². The smallest absolute Gasteiger partial charge is 0.0850 e. The van der Waals surface area contributed by atoms with Crippen molar-refractivity contribution in [3.63, 3.8) is 0 Å². The fraction of sp³-hybridized carbons (Fsp3) is 0.769. The zero-order valence-electron chi connectivity index (χ0n) is 12.0. The van der Waals surface area contributed by atoms with Gasteiger partial charge in [-0.05, 0) is 18.3 Å². The number of halogens is 1. The Balaban J connectivity index is 2.91. The minimum Gasteiger partial charge on any atom is -0.271 e. The van der Waals surface area contributed by atoms with Crippen LogP contribution in [0.3, 0.4) is 0 Å². The van der Waals surface area contributed by atoms with Gasteiger partial charge >= 0.3 is 0 Å². The molecule has 0 amide bonds. The highest BCUT2D eigenvalue weighted by Crippen LogP contribution is 2.25. The molecule has 2 unspecified atom stereocenters. The van der Waals surface area contributed by atoms with E-state index in [1.54, 1.807) is 0 Å². The van der Waals surface area contributed by atoms with E-state index >= 15 is 0 Å². The summed E-state index contributed by atoms with van der Waals surface area (Å²) >= 11 is 6.36. The van der Waals surface area contributed by atoms with E-state index in [4.69, 9.17) is 17.4 Å². The van der Waals surface area contributed by atoms with E-state index in [0.29, 0.717) is 11.8 Å². The highest BCUT2D eigenvalue weighted by molar-refractivity contribution is 6.31. The van der Waals surface area contributed by atoms with Crippen LogP contribution >= 0.6 is 11.6 Å². The summed E-state index contributed by atoms with van der Waals surface area (Å²) in [5, 5.41) is 5.22. The van der Waals surface area contributed by atoms with Gasteiger partial charge in [0, 0.05) is 19.5 Å². The minimum absolute atomic E-state index is 0.211. The third kappa shape index (κ3) is 3.25. The van der Waals surface area contributed by atoms with Gasteiger partial charge in [-0.1, -0.05) is 39.3 Å². The van der Waals surface area contributed by atoms with E-state index in [9.17, 15) is 0 Å². The predicted octanol–water partition coefficient (Wildman–Crippen LogP) is 2.30. The number of nitrogens with zero attached hydrogens (tertiary/aromatic N) is 2. The Labute approximate surface area is 115 Å². The Hall–Kier alpha value is -0.580. The molecule has 0 aromatic carbocycles. The first-order valence-electron chi connectivity index (χ1n) is 6.58. The molecule has 0 bridgehead atoms. The van der Waals surface area contributed by atoms with Crippen molar-refractivity contribution < 1.29 is 0 Å². The standard InChI is InChI=1S/C13H25ClN4/c1-6-10-13(14)12(18(5)17-10)7-11(16-15)9(4)8(2)3/h8-9,11,16H,6-7,15H2,1-5H3. The van der Waals surface area contributed by atoms with E-state index in [0.717, 1.165) is 29.3 Å². The molecule has 0 fully saturated rings. The Bertz CT molecular complexity index is 387. The molecule has 104 valence electrons. The monoisotopic (exact) mass is 272 g/mol. The van der Waals surface area contributed by atoms with Gasteiger partial charge in [-0.3, -0.25) is 16.0 Å². The lowest BCUT2D eigenvalue weighted by molar-refractivity contribution is 0.296. The topological polar surface area (TPSA) is 55.9 Å². The summed E-state index contributed by atoms with van der Waals surface area (Å²) in [4.78, 5) is 0. The van der Waals surface area contributed by atoms with E-state index in [-0.39, 0.29) is 6.04 Å². The highest BCUT2D eigenvalue weighted by Gasteiger charge is 2.23.